The van der Waals surface area contributed by atoms with Crippen LogP contribution in [0, 0.1) is 5.92 Å². The number of aromatic nitrogens is 3. The fourth-order valence-corrected chi connectivity index (χ4v) is 5.07. The van der Waals surface area contributed by atoms with Gasteiger partial charge in [-0.15, -0.1) is 0 Å². The van der Waals surface area contributed by atoms with E-state index in [9.17, 15) is 0 Å². The highest BCUT2D eigenvalue weighted by Gasteiger charge is 2.38. The van der Waals surface area contributed by atoms with Crippen molar-refractivity contribution in [1.82, 2.24) is 19.6 Å². The molecule has 1 aromatic carbocycles. The van der Waals surface area contributed by atoms with Crippen molar-refractivity contribution in [2.24, 2.45) is 5.92 Å². The molecular formula is C21H24N4O4. The van der Waals surface area contributed by atoms with Gasteiger partial charge < -0.3 is 23.8 Å². The first-order chi connectivity index (χ1) is 14.3. The summed E-state index contributed by atoms with van der Waals surface area (Å²) >= 11 is 0. The number of hydrogen-bond acceptors (Lipinski definition) is 6. The van der Waals surface area contributed by atoms with Gasteiger partial charge in [-0.3, -0.25) is 4.79 Å². The van der Waals surface area contributed by atoms with Gasteiger partial charge in [0.05, 0.1) is 30.4 Å². The first-order valence-electron chi connectivity index (χ1n) is 10.1. The second-order valence-corrected chi connectivity index (χ2v) is 7.85. The van der Waals surface area contributed by atoms with E-state index in [0.29, 0.717) is 24.3 Å². The normalized spacial score (nSPS) is 25.3. The minimum Gasteiger partial charge on any atom is -0.483 e. The fourth-order valence-electron chi connectivity index (χ4n) is 5.07. The first-order valence-corrected chi connectivity index (χ1v) is 10.1. The summed E-state index contributed by atoms with van der Waals surface area (Å²) < 4.78 is 13.9. The van der Waals surface area contributed by atoms with Crippen LogP contribution in [0.5, 0.6) is 0 Å². The number of rotatable bonds is 2. The van der Waals surface area contributed by atoms with Crippen molar-refractivity contribution < 1.29 is 19.2 Å². The van der Waals surface area contributed by atoms with Crippen molar-refractivity contribution in [3.8, 4) is 11.4 Å². The minimum atomic E-state index is -0.250. The number of benzene rings is 1. The Morgan fingerprint density at radius 3 is 2.72 bits per heavy atom. The van der Waals surface area contributed by atoms with Crippen molar-refractivity contribution in [2.45, 2.75) is 31.9 Å². The number of carbonyl (C=O) groups is 1. The predicted molar refractivity (Wildman–Crippen MR) is 105 cm³/mol. The monoisotopic (exact) mass is 396 g/mol. The van der Waals surface area contributed by atoms with Gasteiger partial charge in [0.1, 0.15) is 0 Å². The van der Waals surface area contributed by atoms with E-state index in [0.717, 1.165) is 31.2 Å². The molecule has 2 aromatic heterocycles. The Morgan fingerprint density at radius 2 is 1.97 bits per heavy atom. The van der Waals surface area contributed by atoms with E-state index in [1.807, 2.05) is 0 Å². The molecule has 3 fully saturated rings. The second kappa shape index (κ2) is 7.61. The van der Waals surface area contributed by atoms with Gasteiger partial charge in [0, 0.05) is 24.0 Å². The molecule has 3 saturated heterocycles. The van der Waals surface area contributed by atoms with Crippen LogP contribution in [0.15, 0.2) is 28.8 Å². The first kappa shape index (κ1) is 18.3. The van der Waals surface area contributed by atoms with Crippen LogP contribution >= 0.6 is 0 Å². The standard InChI is InChI=1S/C20H22N4O2.CH2O2/c1-2-4-16-14(3-1)18(17-12-25-10-9-24(16)17)19-21-20(26-22-19)15-11-23-7-5-13(15)6-8-23;2-1-3/h1-4,13,15H,5-12H2;1H,(H,2,3). The summed E-state index contributed by atoms with van der Waals surface area (Å²) in [5.41, 5.74) is 3.48. The van der Waals surface area contributed by atoms with Crippen molar-refractivity contribution >= 4 is 17.4 Å². The number of fused-ring (bicyclic) bond motifs is 6. The van der Waals surface area contributed by atoms with Gasteiger partial charge in [-0.1, -0.05) is 23.4 Å². The topological polar surface area (TPSA) is 93.6 Å². The maximum atomic E-state index is 8.36. The third-order valence-corrected chi connectivity index (χ3v) is 6.42. The molecule has 2 bridgehead atoms. The maximum absolute atomic E-state index is 8.36. The van der Waals surface area contributed by atoms with Crippen LogP contribution in [0.4, 0.5) is 0 Å². The molecule has 7 rings (SSSR count). The lowest BCUT2D eigenvalue weighted by Crippen LogP contribution is -2.46. The summed E-state index contributed by atoms with van der Waals surface area (Å²) in [7, 11) is 0. The smallest absolute Gasteiger partial charge is 0.290 e. The Bertz CT molecular complexity index is 1020. The third kappa shape index (κ3) is 3.12. The van der Waals surface area contributed by atoms with Crippen LogP contribution in [-0.4, -0.2) is 57.4 Å². The molecule has 0 aliphatic carbocycles. The number of carboxylic acid groups (broad SMARTS) is 1. The predicted octanol–water partition coefficient (Wildman–Crippen LogP) is 2.73. The zero-order valence-electron chi connectivity index (χ0n) is 16.2. The lowest BCUT2D eigenvalue weighted by atomic mass is 9.79. The van der Waals surface area contributed by atoms with Crippen LogP contribution in [0.2, 0.25) is 0 Å². The van der Waals surface area contributed by atoms with Crippen molar-refractivity contribution in [2.75, 3.05) is 26.2 Å². The number of nitrogens with zero attached hydrogens (tertiary/aromatic N) is 4. The lowest BCUT2D eigenvalue weighted by molar-refractivity contribution is -0.122. The summed E-state index contributed by atoms with van der Waals surface area (Å²) in [4.78, 5) is 15.8. The molecular weight excluding hydrogens is 372 g/mol. The summed E-state index contributed by atoms with van der Waals surface area (Å²) in [5.74, 6) is 2.61. The average molecular weight is 396 g/mol. The Labute approximate surface area is 168 Å². The van der Waals surface area contributed by atoms with Gasteiger partial charge in [-0.05, 0) is 37.9 Å². The molecule has 3 aromatic rings. The second-order valence-electron chi connectivity index (χ2n) is 7.85. The van der Waals surface area contributed by atoms with E-state index in [4.69, 9.17) is 24.1 Å². The van der Waals surface area contributed by atoms with E-state index in [2.05, 4.69) is 38.9 Å². The van der Waals surface area contributed by atoms with E-state index in [1.54, 1.807) is 0 Å². The van der Waals surface area contributed by atoms with Crippen molar-refractivity contribution in [1.29, 1.82) is 0 Å². The largest absolute Gasteiger partial charge is 0.483 e. The molecule has 1 N–H and O–H groups in total. The van der Waals surface area contributed by atoms with E-state index < -0.39 is 0 Å². The van der Waals surface area contributed by atoms with Gasteiger partial charge >= 0.3 is 0 Å². The quantitative estimate of drug-likeness (QED) is 0.666. The molecule has 1 atom stereocenters. The minimum absolute atomic E-state index is 0.250. The van der Waals surface area contributed by atoms with Crippen LogP contribution in [-0.2, 0) is 22.7 Å². The highest BCUT2D eigenvalue weighted by Crippen LogP contribution is 2.40. The Balaban J connectivity index is 0.000000573. The molecule has 4 aliphatic heterocycles. The summed E-state index contributed by atoms with van der Waals surface area (Å²) in [6, 6.07) is 8.49. The molecule has 0 amide bonds. The number of ether oxygens (including phenoxy) is 1. The average Bonchev–Trinajstić information content (AvgIpc) is 3.38. The molecule has 1 unspecified atom stereocenters. The molecule has 4 aliphatic rings. The number of hydrogen-bond donors (Lipinski definition) is 1. The Kier molecular flexibility index (Phi) is 4.81. The van der Waals surface area contributed by atoms with Crippen molar-refractivity contribution in [3.05, 3.63) is 35.9 Å². The molecule has 8 heteroatoms. The van der Waals surface area contributed by atoms with Crippen LogP contribution in [0.25, 0.3) is 22.3 Å². The molecule has 152 valence electrons. The SMILES string of the molecule is O=CO.c1ccc2c(c1)c(-c1noc(C3CN4CCC3CC4)n1)c1n2CCOC1. The molecule has 29 heavy (non-hydrogen) atoms. The molecule has 0 spiro atoms. The number of para-hydroxylation sites is 1. The zero-order chi connectivity index (χ0) is 19.8. The summed E-state index contributed by atoms with van der Waals surface area (Å²) in [5, 5.41) is 12.5. The van der Waals surface area contributed by atoms with Crippen LogP contribution in [0.1, 0.15) is 30.3 Å². The van der Waals surface area contributed by atoms with Gasteiger partial charge in [0.2, 0.25) is 11.7 Å². The van der Waals surface area contributed by atoms with Crippen LogP contribution in [0.3, 0.4) is 0 Å². The highest BCUT2D eigenvalue weighted by molar-refractivity contribution is 5.96. The fraction of sp³-hybridized carbons (Fsp3) is 0.476. The summed E-state index contributed by atoms with van der Waals surface area (Å²) in [6.45, 7) is 5.48. The molecule has 6 heterocycles. The zero-order valence-corrected chi connectivity index (χ0v) is 16.2. The molecule has 0 radical (unpaired) electrons. The molecule has 0 saturated carbocycles. The van der Waals surface area contributed by atoms with Crippen LogP contribution < -0.4 is 0 Å². The van der Waals surface area contributed by atoms with E-state index in [1.165, 1.54) is 42.5 Å². The van der Waals surface area contributed by atoms with Gasteiger partial charge in [0.25, 0.3) is 6.47 Å². The lowest BCUT2D eigenvalue weighted by Gasteiger charge is -2.43. The Hall–Kier alpha value is -2.71. The number of piperidine rings is 3. The summed E-state index contributed by atoms with van der Waals surface area (Å²) in [6.07, 6.45) is 2.50. The maximum Gasteiger partial charge on any atom is 0.290 e. The van der Waals surface area contributed by atoms with Gasteiger partial charge in [-0.25, -0.2) is 0 Å². The molecule has 8 nitrogen and oxygen atoms in total. The van der Waals surface area contributed by atoms with Crippen molar-refractivity contribution in [3.63, 3.8) is 0 Å². The third-order valence-electron chi connectivity index (χ3n) is 6.42. The van der Waals surface area contributed by atoms with Gasteiger partial charge in [0.15, 0.2) is 0 Å². The highest BCUT2D eigenvalue weighted by atomic mass is 16.5. The van der Waals surface area contributed by atoms with E-state index >= 15 is 0 Å². The Morgan fingerprint density at radius 1 is 1.17 bits per heavy atom. The van der Waals surface area contributed by atoms with E-state index in [-0.39, 0.29) is 6.47 Å². The van der Waals surface area contributed by atoms with Gasteiger partial charge in [-0.2, -0.15) is 4.98 Å².